The maximum atomic E-state index is 11.5. The summed E-state index contributed by atoms with van der Waals surface area (Å²) in [6.45, 7) is 1.39. The molecule has 1 aromatic carbocycles. The summed E-state index contributed by atoms with van der Waals surface area (Å²) in [5, 5.41) is 11.6. The van der Waals surface area contributed by atoms with Gasteiger partial charge >= 0.3 is 5.97 Å². The molecule has 0 aromatic heterocycles. The van der Waals surface area contributed by atoms with E-state index in [1.807, 2.05) is 0 Å². The first kappa shape index (κ1) is 13.8. The molecule has 0 bridgehead atoms. The maximum absolute atomic E-state index is 11.5. The minimum atomic E-state index is -1.09. The average Bonchev–Trinajstić information content (AvgIpc) is 2.24. The summed E-state index contributed by atoms with van der Waals surface area (Å²) in [6, 6.07) is 4.03. The molecule has 0 heterocycles. The van der Waals surface area contributed by atoms with Crippen LogP contribution in [-0.4, -0.2) is 23.0 Å². The van der Waals surface area contributed by atoms with Gasteiger partial charge in [0.15, 0.2) is 0 Å². The van der Waals surface area contributed by atoms with Crippen LogP contribution in [0.5, 0.6) is 0 Å². The van der Waals surface area contributed by atoms with Crippen molar-refractivity contribution in [1.29, 1.82) is 0 Å². The smallest absolute Gasteiger partial charge is 0.325 e. The summed E-state index contributed by atoms with van der Waals surface area (Å²) in [7, 11) is 0. The molecule has 6 heteroatoms. The lowest BCUT2D eigenvalue weighted by molar-refractivity contribution is -0.141. The van der Waals surface area contributed by atoms with Crippen LogP contribution < -0.4 is 5.32 Å². The van der Waals surface area contributed by atoms with Crippen LogP contribution in [0.2, 0.25) is 10.0 Å². The molecule has 92 valence electrons. The number of halogens is 2. The Morgan fingerprint density at radius 2 is 2.06 bits per heavy atom. The van der Waals surface area contributed by atoms with Crippen LogP contribution in [0.15, 0.2) is 18.2 Å². The molecule has 17 heavy (non-hydrogen) atoms. The van der Waals surface area contributed by atoms with E-state index in [4.69, 9.17) is 28.3 Å². The van der Waals surface area contributed by atoms with E-state index in [-0.39, 0.29) is 6.42 Å². The fraction of sp³-hybridized carbons (Fsp3) is 0.273. The number of carbonyl (C=O) groups excluding carboxylic acids is 1. The zero-order chi connectivity index (χ0) is 13.0. The van der Waals surface area contributed by atoms with Crippen molar-refractivity contribution in [1.82, 2.24) is 5.32 Å². The highest BCUT2D eigenvalue weighted by molar-refractivity contribution is 6.42. The van der Waals surface area contributed by atoms with Gasteiger partial charge in [-0.25, -0.2) is 0 Å². The number of rotatable bonds is 4. The minimum absolute atomic E-state index is 0.00296. The van der Waals surface area contributed by atoms with Crippen LogP contribution in [0, 0.1) is 0 Å². The molecule has 2 N–H and O–H groups in total. The van der Waals surface area contributed by atoms with E-state index in [0.717, 1.165) is 0 Å². The fourth-order valence-electron chi connectivity index (χ4n) is 1.21. The maximum Gasteiger partial charge on any atom is 0.325 e. The van der Waals surface area contributed by atoms with Crippen LogP contribution in [0.4, 0.5) is 0 Å². The third-order valence-electron chi connectivity index (χ3n) is 2.13. The second kappa shape index (κ2) is 5.89. The quantitative estimate of drug-likeness (QED) is 0.885. The second-order valence-electron chi connectivity index (χ2n) is 3.52. The molecular formula is C11H11Cl2NO3. The summed E-state index contributed by atoms with van der Waals surface area (Å²) >= 11 is 11.7. The number of amides is 1. The summed E-state index contributed by atoms with van der Waals surface area (Å²) < 4.78 is 0. The van der Waals surface area contributed by atoms with Gasteiger partial charge in [-0.3, -0.25) is 9.59 Å². The van der Waals surface area contributed by atoms with Crippen molar-refractivity contribution >= 4 is 35.1 Å². The van der Waals surface area contributed by atoms with Gasteiger partial charge in [0.2, 0.25) is 5.91 Å². The molecule has 1 rings (SSSR count). The number of carboxylic acid groups (broad SMARTS) is 1. The first-order valence-electron chi connectivity index (χ1n) is 4.87. The molecule has 0 aliphatic carbocycles. The monoisotopic (exact) mass is 275 g/mol. The topological polar surface area (TPSA) is 66.4 Å². The lowest BCUT2D eigenvalue weighted by Gasteiger charge is -2.10. The van der Waals surface area contributed by atoms with E-state index < -0.39 is 17.9 Å². The molecule has 0 spiro atoms. The Balaban J connectivity index is 2.69. The Kier molecular flexibility index (Phi) is 4.78. The molecule has 4 nitrogen and oxygen atoms in total. The Morgan fingerprint density at radius 3 is 2.65 bits per heavy atom. The van der Waals surface area contributed by atoms with E-state index in [9.17, 15) is 9.59 Å². The van der Waals surface area contributed by atoms with E-state index in [0.29, 0.717) is 15.6 Å². The van der Waals surface area contributed by atoms with Gasteiger partial charge in [0.05, 0.1) is 16.5 Å². The zero-order valence-electron chi connectivity index (χ0n) is 9.04. The number of aliphatic carboxylic acids is 1. The van der Waals surface area contributed by atoms with Gasteiger partial charge in [-0.15, -0.1) is 0 Å². The minimum Gasteiger partial charge on any atom is -0.480 e. The van der Waals surface area contributed by atoms with Gasteiger partial charge < -0.3 is 10.4 Å². The van der Waals surface area contributed by atoms with Gasteiger partial charge in [-0.1, -0.05) is 35.3 Å². The van der Waals surface area contributed by atoms with Gasteiger partial charge in [-0.05, 0) is 18.6 Å². The van der Waals surface area contributed by atoms with E-state index in [2.05, 4.69) is 5.32 Å². The molecule has 0 aliphatic rings. The van der Waals surface area contributed by atoms with Gasteiger partial charge in [-0.2, -0.15) is 0 Å². The van der Waals surface area contributed by atoms with Crippen LogP contribution >= 0.6 is 23.2 Å². The van der Waals surface area contributed by atoms with Crippen molar-refractivity contribution in [3.8, 4) is 0 Å². The van der Waals surface area contributed by atoms with Crippen LogP contribution in [0.1, 0.15) is 12.5 Å². The summed E-state index contributed by atoms with van der Waals surface area (Å²) in [4.78, 5) is 22.1. The van der Waals surface area contributed by atoms with E-state index in [1.54, 1.807) is 18.2 Å². The Hall–Kier alpha value is -1.26. The standard InChI is InChI=1S/C11H11Cl2NO3/c1-6(11(16)17)14-9(15)5-7-3-2-4-8(12)10(7)13/h2-4,6H,5H2,1H3,(H,14,15)(H,16,17). The number of carbonyl (C=O) groups is 2. The molecule has 1 aromatic rings. The summed E-state index contributed by atoms with van der Waals surface area (Å²) in [6.07, 6.45) is -0.00296. The van der Waals surface area contributed by atoms with Gasteiger partial charge in [0.25, 0.3) is 0 Å². The Labute approximate surface area is 109 Å². The first-order chi connectivity index (χ1) is 7.91. The van der Waals surface area contributed by atoms with Gasteiger partial charge in [0.1, 0.15) is 6.04 Å². The normalized spacial score (nSPS) is 11.9. The molecule has 0 fully saturated rings. The molecule has 1 amide bonds. The largest absolute Gasteiger partial charge is 0.480 e. The number of nitrogens with one attached hydrogen (secondary N) is 1. The number of benzene rings is 1. The summed E-state index contributed by atoms with van der Waals surface area (Å²) in [5.41, 5.74) is 0.564. The van der Waals surface area contributed by atoms with Crippen molar-refractivity contribution in [3.63, 3.8) is 0 Å². The molecule has 1 atom stereocenters. The Bertz CT molecular complexity index is 448. The predicted molar refractivity (Wildman–Crippen MR) is 65.4 cm³/mol. The van der Waals surface area contributed by atoms with Crippen molar-refractivity contribution in [2.75, 3.05) is 0 Å². The predicted octanol–water partition coefficient (Wildman–Crippen LogP) is 2.13. The lowest BCUT2D eigenvalue weighted by atomic mass is 10.1. The van der Waals surface area contributed by atoms with Crippen molar-refractivity contribution in [3.05, 3.63) is 33.8 Å². The summed E-state index contributed by atoms with van der Waals surface area (Å²) in [5.74, 6) is -1.50. The Morgan fingerprint density at radius 1 is 1.41 bits per heavy atom. The molecular weight excluding hydrogens is 265 g/mol. The van der Waals surface area contributed by atoms with Crippen LogP contribution in [0.3, 0.4) is 0 Å². The number of hydrogen-bond acceptors (Lipinski definition) is 2. The second-order valence-corrected chi connectivity index (χ2v) is 4.30. The molecule has 0 radical (unpaired) electrons. The van der Waals surface area contributed by atoms with Crippen molar-refractivity contribution in [2.24, 2.45) is 0 Å². The van der Waals surface area contributed by atoms with E-state index >= 15 is 0 Å². The highest BCUT2D eigenvalue weighted by Gasteiger charge is 2.15. The molecule has 1 unspecified atom stereocenters. The van der Waals surface area contributed by atoms with Crippen LogP contribution in [-0.2, 0) is 16.0 Å². The lowest BCUT2D eigenvalue weighted by Crippen LogP contribution is -2.39. The van der Waals surface area contributed by atoms with Crippen molar-refractivity contribution < 1.29 is 14.7 Å². The third-order valence-corrected chi connectivity index (χ3v) is 2.99. The van der Waals surface area contributed by atoms with Crippen molar-refractivity contribution in [2.45, 2.75) is 19.4 Å². The molecule has 0 saturated carbocycles. The highest BCUT2D eigenvalue weighted by atomic mass is 35.5. The molecule has 0 saturated heterocycles. The first-order valence-corrected chi connectivity index (χ1v) is 5.62. The van der Waals surface area contributed by atoms with Gasteiger partial charge in [0, 0.05) is 0 Å². The zero-order valence-corrected chi connectivity index (χ0v) is 10.5. The van der Waals surface area contributed by atoms with E-state index in [1.165, 1.54) is 6.92 Å². The average molecular weight is 276 g/mol. The number of carboxylic acids is 1. The number of hydrogen-bond donors (Lipinski definition) is 2. The highest BCUT2D eigenvalue weighted by Crippen LogP contribution is 2.25. The fourth-order valence-corrected chi connectivity index (χ4v) is 1.60. The third kappa shape index (κ3) is 3.91. The SMILES string of the molecule is CC(NC(=O)Cc1cccc(Cl)c1Cl)C(=O)O. The van der Waals surface area contributed by atoms with Crippen LogP contribution in [0.25, 0.3) is 0 Å². The molecule has 0 aliphatic heterocycles.